The van der Waals surface area contributed by atoms with Crippen LogP contribution < -0.4 is 10.1 Å². The number of aryl methyl sites for hydroxylation is 1. The summed E-state index contributed by atoms with van der Waals surface area (Å²) in [6.07, 6.45) is 4.52. The van der Waals surface area contributed by atoms with Crippen LogP contribution >= 0.6 is 0 Å². The Morgan fingerprint density at radius 3 is 3.08 bits per heavy atom. The zero-order valence-electron chi connectivity index (χ0n) is 14.7. The number of ether oxygens (including phenoxy) is 1. The Bertz CT molecular complexity index is 989. The smallest absolute Gasteiger partial charge is 0.224 e. The van der Waals surface area contributed by atoms with Crippen molar-refractivity contribution in [1.82, 2.24) is 10.3 Å². The molecule has 5 rings (SSSR count). The summed E-state index contributed by atoms with van der Waals surface area (Å²) >= 11 is 0. The number of benzene rings is 2. The highest BCUT2D eigenvalue weighted by Crippen LogP contribution is 2.34. The molecule has 2 heterocycles. The van der Waals surface area contributed by atoms with E-state index in [2.05, 4.69) is 34.6 Å². The van der Waals surface area contributed by atoms with Gasteiger partial charge in [-0.2, -0.15) is 0 Å². The van der Waals surface area contributed by atoms with Gasteiger partial charge >= 0.3 is 0 Å². The fraction of sp³-hybridized carbons (Fsp3) is 0.318. The van der Waals surface area contributed by atoms with Crippen molar-refractivity contribution in [2.45, 2.75) is 38.1 Å². The van der Waals surface area contributed by atoms with Crippen molar-refractivity contribution in [3.05, 3.63) is 64.8 Å². The van der Waals surface area contributed by atoms with Gasteiger partial charge < -0.3 is 15.0 Å². The van der Waals surface area contributed by atoms with Crippen molar-refractivity contribution in [2.24, 2.45) is 0 Å². The Balaban J connectivity index is 1.35. The van der Waals surface area contributed by atoms with Crippen molar-refractivity contribution in [3.8, 4) is 5.75 Å². The molecular weight excluding hydrogens is 324 g/mol. The second kappa shape index (κ2) is 6.20. The van der Waals surface area contributed by atoms with Gasteiger partial charge in [0.2, 0.25) is 5.91 Å². The highest BCUT2D eigenvalue weighted by atomic mass is 16.5. The van der Waals surface area contributed by atoms with E-state index in [0.717, 1.165) is 49.1 Å². The molecule has 1 atom stereocenters. The summed E-state index contributed by atoms with van der Waals surface area (Å²) in [5.74, 6) is 1.00. The molecular formula is C22H22N2O2. The van der Waals surface area contributed by atoms with E-state index in [0.29, 0.717) is 6.42 Å². The van der Waals surface area contributed by atoms with Gasteiger partial charge in [0.1, 0.15) is 5.75 Å². The number of H-pyrrole nitrogens is 1. The molecule has 1 aliphatic heterocycles. The summed E-state index contributed by atoms with van der Waals surface area (Å²) in [7, 11) is 0. The predicted octanol–water partition coefficient (Wildman–Crippen LogP) is 3.84. The van der Waals surface area contributed by atoms with E-state index in [1.807, 2.05) is 18.2 Å². The van der Waals surface area contributed by atoms with Crippen molar-refractivity contribution in [1.29, 1.82) is 0 Å². The van der Waals surface area contributed by atoms with Crippen molar-refractivity contribution in [3.63, 3.8) is 0 Å². The van der Waals surface area contributed by atoms with Gasteiger partial charge in [-0.3, -0.25) is 4.79 Å². The second-order valence-electron chi connectivity index (χ2n) is 7.29. The van der Waals surface area contributed by atoms with Crippen molar-refractivity contribution >= 4 is 16.8 Å². The Labute approximate surface area is 152 Å². The van der Waals surface area contributed by atoms with Crippen LogP contribution in [-0.4, -0.2) is 17.5 Å². The molecule has 0 radical (unpaired) electrons. The summed E-state index contributed by atoms with van der Waals surface area (Å²) in [5.41, 5.74) is 5.96. The largest absolute Gasteiger partial charge is 0.493 e. The van der Waals surface area contributed by atoms with Crippen molar-refractivity contribution in [2.75, 3.05) is 6.61 Å². The van der Waals surface area contributed by atoms with E-state index >= 15 is 0 Å². The summed E-state index contributed by atoms with van der Waals surface area (Å²) in [4.78, 5) is 16.2. The van der Waals surface area contributed by atoms with Gasteiger partial charge in [-0.1, -0.05) is 30.3 Å². The third-order valence-electron chi connectivity index (χ3n) is 5.58. The van der Waals surface area contributed by atoms with Gasteiger partial charge in [0, 0.05) is 23.0 Å². The number of carbonyl (C=O) groups excluding carboxylic acids is 1. The number of hydrogen-bond acceptors (Lipinski definition) is 2. The topological polar surface area (TPSA) is 54.1 Å². The zero-order chi connectivity index (χ0) is 17.5. The molecule has 132 valence electrons. The summed E-state index contributed by atoms with van der Waals surface area (Å²) < 4.78 is 5.61. The number of hydrogen-bond donors (Lipinski definition) is 2. The van der Waals surface area contributed by atoms with E-state index in [4.69, 9.17) is 4.74 Å². The highest BCUT2D eigenvalue weighted by molar-refractivity contribution is 5.86. The maximum Gasteiger partial charge on any atom is 0.224 e. The summed E-state index contributed by atoms with van der Waals surface area (Å²) in [6.45, 7) is 0.746. The van der Waals surface area contributed by atoms with Crippen LogP contribution in [0.1, 0.15) is 41.3 Å². The Morgan fingerprint density at radius 1 is 1.19 bits per heavy atom. The van der Waals surface area contributed by atoms with Crippen LogP contribution in [0.4, 0.5) is 0 Å². The van der Waals surface area contributed by atoms with Gasteiger partial charge in [-0.25, -0.2) is 0 Å². The average Bonchev–Trinajstić information content (AvgIpc) is 3.26. The molecule has 4 heteroatoms. The van der Waals surface area contributed by atoms with Crippen LogP contribution in [0, 0.1) is 0 Å². The fourth-order valence-electron chi connectivity index (χ4n) is 4.31. The first-order valence-corrected chi connectivity index (χ1v) is 9.41. The first-order chi connectivity index (χ1) is 12.8. The zero-order valence-corrected chi connectivity index (χ0v) is 14.7. The molecule has 0 bridgehead atoms. The Morgan fingerprint density at radius 2 is 2.12 bits per heavy atom. The first kappa shape index (κ1) is 15.5. The lowest BCUT2D eigenvalue weighted by molar-refractivity contribution is -0.121. The monoisotopic (exact) mass is 346 g/mol. The standard InChI is InChI=1S/C22H22N2O2/c25-21(13-14-8-9-15-10-11-26-20(15)12-14)23-19-7-3-5-17-16-4-1-2-6-18(16)24-22(17)19/h1-2,4,6,8-9,12,19,24H,3,5,7,10-11,13H2,(H,23,25)/t19-/m0/s1. The van der Waals surface area contributed by atoms with E-state index in [9.17, 15) is 4.79 Å². The van der Waals surface area contributed by atoms with Gasteiger partial charge in [0.25, 0.3) is 0 Å². The molecule has 0 fully saturated rings. The Hall–Kier alpha value is -2.75. The van der Waals surface area contributed by atoms with Crippen LogP contribution in [0.5, 0.6) is 5.75 Å². The highest BCUT2D eigenvalue weighted by Gasteiger charge is 2.25. The molecule has 0 saturated carbocycles. The lowest BCUT2D eigenvalue weighted by Crippen LogP contribution is -2.32. The number of nitrogens with one attached hydrogen (secondary N) is 2. The second-order valence-corrected chi connectivity index (χ2v) is 7.29. The molecule has 0 unspecified atom stereocenters. The normalized spacial score (nSPS) is 18.2. The third-order valence-corrected chi connectivity index (χ3v) is 5.58. The molecule has 1 aromatic heterocycles. The molecule has 0 saturated heterocycles. The van der Waals surface area contributed by atoms with Crippen LogP contribution in [0.15, 0.2) is 42.5 Å². The third kappa shape index (κ3) is 2.66. The van der Waals surface area contributed by atoms with Crippen molar-refractivity contribution < 1.29 is 9.53 Å². The number of rotatable bonds is 3. The molecule has 4 nitrogen and oxygen atoms in total. The number of aromatic amines is 1. The maximum atomic E-state index is 12.6. The summed E-state index contributed by atoms with van der Waals surface area (Å²) in [5, 5.41) is 4.53. The van der Waals surface area contributed by atoms with Gasteiger partial charge in [-0.15, -0.1) is 0 Å². The molecule has 0 spiro atoms. The Kier molecular flexibility index (Phi) is 3.70. The molecule has 1 aliphatic carbocycles. The van der Waals surface area contributed by atoms with E-state index in [1.165, 1.54) is 22.2 Å². The van der Waals surface area contributed by atoms with E-state index in [1.54, 1.807) is 0 Å². The molecule has 26 heavy (non-hydrogen) atoms. The predicted molar refractivity (Wildman–Crippen MR) is 101 cm³/mol. The molecule has 2 N–H and O–H groups in total. The number of fused-ring (bicyclic) bond motifs is 4. The minimum absolute atomic E-state index is 0.0689. The molecule has 1 amide bonds. The van der Waals surface area contributed by atoms with E-state index < -0.39 is 0 Å². The molecule has 2 aromatic carbocycles. The lowest BCUT2D eigenvalue weighted by atomic mass is 9.91. The van der Waals surface area contributed by atoms with Crippen LogP contribution in [0.25, 0.3) is 10.9 Å². The average molecular weight is 346 g/mol. The van der Waals surface area contributed by atoms with Crippen LogP contribution in [-0.2, 0) is 24.1 Å². The van der Waals surface area contributed by atoms with Gasteiger partial charge in [-0.05, 0) is 48.1 Å². The quantitative estimate of drug-likeness (QED) is 0.757. The SMILES string of the molecule is O=C(Cc1ccc2c(c1)OCC2)N[C@H]1CCCc2c1[nH]c1ccccc21. The number of para-hydroxylation sites is 1. The number of carbonyl (C=O) groups is 1. The van der Waals surface area contributed by atoms with Gasteiger partial charge in [0.05, 0.1) is 19.1 Å². The van der Waals surface area contributed by atoms with Crippen LogP contribution in [0.3, 0.4) is 0 Å². The maximum absolute atomic E-state index is 12.6. The summed E-state index contributed by atoms with van der Waals surface area (Å²) in [6, 6.07) is 14.6. The van der Waals surface area contributed by atoms with E-state index in [-0.39, 0.29) is 11.9 Å². The van der Waals surface area contributed by atoms with Crippen LogP contribution in [0.2, 0.25) is 0 Å². The first-order valence-electron chi connectivity index (χ1n) is 9.41. The fourth-order valence-corrected chi connectivity index (χ4v) is 4.31. The molecule has 3 aromatic rings. The number of aromatic nitrogens is 1. The van der Waals surface area contributed by atoms with Gasteiger partial charge in [0.15, 0.2) is 0 Å². The molecule has 2 aliphatic rings. The minimum Gasteiger partial charge on any atom is -0.493 e. The lowest BCUT2D eigenvalue weighted by Gasteiger charge is -2.24. The number of amides is 1. The minimum atomic E-state index is 0.0689.